The Kier molecular flexibility index (Phi) is 3.26. The fourth-order valence-electron chi connectivity index (χ4n) is 3.00. The van der Waals surface area contributed by atoms with Gasteiger partial charge in [0.2, 0.25) is 0 Å². The number of ether oxygens (including phenoxy) is 1. The first-order valence-electron chi connectivity index (χ1n) is 7.67. The molecule has 2 fully saturated rings. The lowest BCUT2D eigenvalue weighted by Gasteiger charge is -2.29. The lowest BCUT2D eigenvalue weighted by molar-refractivity contribution is -0.0866. The second-order valence-electron chi connectivity index (χ2n) is 6.22. The summed E-state index contributed by atoms with van der Waals surface area (Å²) in [5.74, 6) is -0.0269. The van der Waals surface area contributed by atoms with Crippen LogP contribution in [0, 0.1) is 12.8 Å². The zero-order valence-electron chi connectivity index (χ0n) is 12.7. The van der Waals surface area contributed by atoms with Crippen molar-refractivity contribution in [2.45, 2.75) is 32.0 Å². The third kappa shape index (κ3) is 2.54. The van der Waals surface area contributed by atoms with Gasteiger partial charge in [-0.2, -0.15) is 18.3 Å². The number of hydrogen-bond donors (Lipinski definition) is 0. The van der Waals surface area contributed by atoms with E-state index in [4.69, 9.17) is 4.74 Å². The Balaban J connectivity index is 1.65. The second kappa shape index (κ2) is 5.09. The van der Waals surface area contributed by atoms with Crippen LogP contribution in [0.15, 0.2) is 23.0 Å². The van der Waals surface area contributed by atoms with Crippen molar-refractivity contribution >= 4 is 11.4 Å². The molecule has 4 rings (SSSR count). The van der Waals surface area contributed by atoms with Crippen molar-refractivity contribution in [2.24, 2.45) is 10.9 Å². The molecule has 0 unspecified atom stereocenters. The van der Waals surface area contributed by atoms with E-state index in [1.807, 2.05) is 11.6 Å². The van der Waals surface area contributed by atoms with E-state index in [0.717, 1.165) is 18.5 Å². The molecule has 0 atom stereocenters. The Morgan fingerprint density at radius 2 is 2.00 bits per heavy atom. The number of aromatic nitrogens is 2. The number of alkyl halides is 3. The van der Waals surface area contributed by atoms with Gasteiger partial charge < -0.3 is 9.64 Å². The van der Waals surface area contributed by atoms with E-state index in [1.165, 1.54) is 11.1 Å². The van der Waals surface area contributed by atoms with Gasteiger partial charge in [0.1, 0.15) is 6.67 Å². The van der Waals surface area contributed by atoms with Crippen LogP contribution in [-0.4, -0.2) is 41.6 Å². The average molecular weight is 326 g/mol. The first kappa shape index (κ1) is 14.7. The number of allylic oxidation sites excluding steroid dienone is 1. The minimum atomic E-state index is -4.38. The van der Waals surface area contributed by atoms with E-state index in [2.05, 4.69) is 10.1 Å². The van der Waals surface area contributed by atoms with Gasteiger partial charge >= 0.3 is 6.18 Å². The maximum Gasteiger partial charge on any atom is 0.419 e. The highest BCUT2D eigenvalue weighted by Crippen LogP contribution is 2.41. The lowest BCUT2D eigenvalue weighted by atomic mass is 10.1. The molecule has 0 N–H and O–H groups in total. The van der Waals surface area contributed by atoms with Crippen molar-refractivity contribution < 1.29 is 17.9 Å². The Morgan fingerprint density at radius 1 is 1.26 bits per heavy atom. The molecule has 3 aliphatic rings. The van der Waals surface area contributed by atoms with Gasteiger partial charge in [0, 0.05) is 12.1 Å². The molecule has 5 nitrogen and oxygen atoms in total. The molecule has 1 saturated heterocycles. The van der Waals surface area contributed by atoms with E-state index in [1.54, 1.807) is 6.20 Å². The number of rotatable bonds is 3. The Hall–Kier alpha value is -1.83. The molecule has 3 heterocycles. The minimum Gasteiger partial charge on any atom is -0.377 e. The molecule has 0 radical (unpaired) electrons. The minimum absolute atomic E-state index is 0.0269. The van der Waals surface area contributed by atoms with Gasteiger partial charge in [0.25, 0.3) is 0 Å². The van der Waals surface area contributed by atoms with E-state index in [-0.39, 0.29) is 24.3 Å². The number of hydrogen-bond acceptors (Lipinski definition) is 4. The summed E-state index contributed by atoms with van der Waals surface area (Å²) < 4.78 is 47.0. The van der Waals surface area contributed by atoms with Crippen LogP contribution >= 0.6 is 0 Å². The standard InChI is InChI=1S/C15H17F3N4O/c1-9-13(4-20-22(9)11-6-23-7-11)21-5-12(15(16,17)18)14(19-8-21)10-2-3-10/h4-5,10-11H,2-3,6-8H2,1H3. The fraction of sp³-hybridized carbons (Fsp3) is 0.600. The molecule has 1 aromatic heterocycles. The number of halogens is 3. The maximum absolute atomic E-state index is 13.4. The van der Waals surface area contributed by atoms with Crippen molar-refractivity contribution in [3.8, 4) is 0 Å². The second-order valence-corrected chi connectivity index (χ2v) is 6.22. The van der Waals surface area contributed by atoms with Crippen LogP contribution in [0.3, 0.4) is 0 Å². The molecule has 8 heteroatoms. The summed E-state index contributed by atoms with van der Waals surface area (Å²) in [6, 6.07) is 0.171. The molecular formula is C15H17F3N4O. The topological polar surface area (TPSA) is 42.7 Å². The van der Waals surface area contributed by atoms with Crippen LogP contribution in [0.1, 0.15) is 24.6 Å². The third-order valence-electron chi connectivity index (χ3n) is 4.52. The summed E-state index contributed by atoms with van der Waals surface area (Å²) in [5.41, 5.74) is 1.09. The normalized spacial score (nSPS) is 22.7. The average Bonchev–Trinajstić information content (AvgIpc) is 3.22. The van der Waals surface area contributed by atoms with Gasteiger partial charge in [0.15, 0.2) is 0 Å². The summed E-state index contributed by atoms with van der Waals surface area (Å²) in [5, 5.41) is 4.30. The van der Waals surface area contributed by atoms with Gasteiger partial charge in [-0.25, -0.2) is 0 Å². The molecule has 23 heavy (non-hydrogen) atoms. The lowest BCUT2D eigenvalue weighted by Crippen LogP contribution is -2.33. The quantitative estimate of drug-likeness (QED) is 0.858. The number of nitrogens with zero attached hydrogens (tertiary/aromatic N) is 4. The van der Waals surface area contributed by atoms with Gasteiger partial charge in [-0.1, -0.05) is 0 Å². The largest absolute Gasteiger partial charge is 0.419 e. The first-order chi connectivity index (χ1) is 10.9. The van der Waals surface area contributed by atoms with Crippen molar-refractivity contribution in [3.05, 3.63) is 23.7 Å². The summed E-state index contributed by atoms with van der Waals surface area (Å²) in [6.45, 7) is 3.26. The number of anilines is 1. The van der Waals surface area contributed by atoms with Crippen LogP contribution in [0.4, 0.5) is 18.9 Å². The van der Waals surface area contributed by atoms with Gasteiger partial charge in [-0.3, -0.25) is 9.67 Å². The van der Waals surface area contributed by atoms with Crippen molar-refractivity contribution in [1.82, 2.24) is 9.78 Å². The fourth-order valence-corrected chi connectivity index (χ4v) is 3.00. The van der Waals surface area contributed by atoms with E-state index in [9.17, 15) is 13.2 Å². The van der Waals surface area contributed by atoms with Crippen LogP contribution in [0.2, 0.25) is 0 Å². The molecular weight excluding hydrogens is 309 g/mol. The molecule has 2 aliphatic heterocycles. The van der Waals surface area contributed by atoms with Gasteiger partial charge in [-0.05, 0) is 19.8 Å². The summed E-state index contributed by atoms with van der Waals surface area (Å²) >= 11 is 0. The van der Waals surface area contributed by atoms with Crippen LogP contribution in [0.25, 0.3) is 0 Å². The summed E-state index contributed by atoms with van der Waals surface area (Å²) in [7, 11) is 0. The van der Waals surface area contributed by atoms with Gasteiger partial charge in [0.05, 0.1) is 48.1 Å². The third-order valence-corrected chi connectivity index (χ3v) is 4.52. The van der Waals surface area contributed by atoms with Crippen LogP contribution in [-0.2, 0) is 4.74 Å². The monoisotopic (exact) mass is 326 g/mol. The Morgan fingerprint density at radius 3 is 2.57 bits per heavy atom. The molecule has 0 spiro atoms. The summed E-state index contributed by atoms with van der Waals surface area (Å²) in [6.07, 6.45) is 0.00363. The zero-order valence-corrected chi connectivity index (χ0v) is 12.7. The van der Waals surface area contributed by atoms with Gasteiger partial charge in [-0.15, -0.1) is 0 Å². The van der Waals surface area contributed by atoms with E-state index < -0.39 is 11.7 Å². The van der Waals surface area contributed by atoms with Crippen molar-refractivity contribution in [1.29, 1.82) is 0 Å². The van der Waals surface area contributed by atoms with Crippen molar-refractivity contribution in [3.63, 3.8) is 0 Å². The van der Waals surface area contributed by atoms with Crippen LogP contribution in [0.5, 0.6) is 0 Å². The molecule has 124 valence electrons. The highest BCUT2D eigenvalue weighted by Gasteiger charge is 2.44. The molecule has 1 aliphatic carbocycles. The van der Waals surface area contributed by atoms with Crippen molar-refractivity contribution in [2.75, 3.05) is 24.8 Å². The predicted octanol–water partition coefficient (Wildman–Crippen LogP) is 2.84. The predicted molar refractivity (Wildman–Crippen MR) is 78.5 cm³/mol. The molecule has 0 amide bonds. The highest BCUT2D eigenvalue weighted by molar-refractivity contribution is 6.05. The smallest absolute Gasteiger partial charge is 0.377 e. The zero-order chi connectivity index (χ0) is 16.2. The SMILES string of the molecule is Cc1c(N2C=C(C(F)(F)F)C(C3CC3)=NC2)cnn1C1COC1. The molecule has 1 aromatic rings. The number of aliphatic imine (C=N–C) groups is 1. The Labute approximate surface area is 131 Å². The molecule has 1 saturated carbocycles. The van der Waals surface area contributed by atoms with E-state index >= 15 is 0 Å². The van der Waals surface area contributed by atoms with E-state index in [0.29, 0.717) is 18.9 Å². The summed E-state index contributed by atoms with van der Waals surface area (Å²) in [4.78, 5) is 5.75. The highest BCUT2D eigenvalue weighted by atomic mass is 19.4. The first-order valence-corrected chi connectivity index (χ1v) is 7.67. The maximum atomic E-state index is 13.4. The molecule has 0 aromatic carbocycles. The molecule has 0 bridgehead atoms. The Bertz CT molecular complexity index is 683. The van der Waals surface area contributed by atoms with Crippen LogP contribution < -0.4 is 4.90 Å².